The molecule has 0 aliphatic carbocycles. The molecule has 3 aromatic rings. The first-order valence-electron chi connectivity index (χ1n) is 4.82. The van der Waals surface area contributed by atoms with Gasteiger partial charge in [0.05, 0.1) is 17.3 Å². The van der Waals surface area contributed by atoms with E-state index >= 15 is 0 Å². The van der Waals surface area contributed by atoms with Gasteiger partial charge in [-0.25, -0.2) is 8.78 Å². The molecule has 0 radical (unpaired) electrons. The van der Waals surface area contributed by atoms with Crippen LogP contribution in [0.1, 0.15) is 5.56 Å². The van der Waals surface area contributed by atoms with Crippen LogP contribution in [0.2, 0.25) is 0 Å². The first-order valence-corrected chi connectivity index (χ1v) is 6.43. The summed E-state index contributed by atoms with van der Waals surface area (Å²) in [5, 5.41) is 1.89. The van der Waals surface area contributed by atoms with Crippen LogP contribution in [0.25, 0.3) is 21.5 Å². The molecule has 0 fully saturated rings. The average Bonchev–Trinajstić information content (AvgIpc) is 2.89. The molecule has 2 aromatic heterocycles. The molecule has 0 saturated heterocycles. The summed E-state index contributed by atoms with van der Waals surface area (Å²) in [6, 6.07) is 2.90. The van der Waals surface area contributed by atoms with Gasteiger partial charge in [-0.05, 0) is 23.9 Å². The molecule has 2 nitrogen and oxygen atoms in total. The molecular weight excluding hydrogens is 262 g/mol. The summed E-state index contributed by atoms with van der Waals surface area (Å²) in [6.45, 7) is 1.91. The zero-order valence-electron chi connectivity index (χ0n) is 8.70. The largest absolute Gasteiger partial charge is 0.204 e. The van der Waals surface area contributed by atoms with E-state index in [0.29, 0.717) is 15.9 Å². The Hall–Kier alpha value is -1.40. The number of thiophene rings is 1. The highest BCUT2D eigenvalue weighted by Crippen LogP contribution is 2.35. The zero-order chi connectivity index (χ0) is 12.0. The van der Waals surface area contributed by atoms with Crippen LogP contribution < -0.4 is 0 Å². The monoisotopic (exact) mass is 268 g/mol. The third kappa shape index (κ3) is 1.64. The van der Waals surface area contributed by atoms with E-state index in [4.69, 9.17) is 0 Å². The molecule has 0 aliphatic rings. The first kappa shape index (κ1) is 10.7. The van der Waals surface area contributed by atoms with E-state index in [1.807, 2.05) is 18.4 Å². The highest BCUT2D eigenvalue weighted by atomic mass is 32.1. The van der Waals surface area contributed by atoms with Gasteiger partial charge in [0.25, 0.3) is 0 Å². The lowest BCUT2D eigenvalue weighted by Gasteiger charge is -2.01. The summed E-state index contributed by atoms with van der Waals surface area (Å²) in [4.78, 5) is 0.678. The second-order valence-corrected chi connectivity index (χ2v) is 5.11. The Morgan fingerprint density at radius 3 is 2.71 bits per heavy atom. The second kappa shape index (κ2) is 3.82. The second-order valence-electron chi connectivity index (χ2n) is 3.67. The Morgan fingerprint density at radius 1 is 1.18 bits per heavy atom. The number of fused-ring (bicyclic) bond motifs is 1. The Morgan fingerprint density at radius 2 is 2.00 bits per heavy atom. The van der Waals surface area contributed by atoms with Crippen LogP contribution in [-0.4, -0.2) is 8.75 Å². The summed E-state index contributed by atoms with van der Waals surface area (Å²) in [7, 11) is 0. The van der Waals surface area contributed by atoms with Crippen LogP contribution >= 0.6 is 23.1 Å². The van der Waals surface area contributed by atoms with Crippen molar-refractivity contribution in [3.05, 3.63) is 34.7 Å². The molecule has 6 heteroatoms. The molecular formula is C11H6F2N2S2. The molecule has 3 rings (SSSR count). The quantitative estimate of drug-likeness (QED) is 0.666. The molecule has 0 saturated carbocycles. The van der Waals surface area contributed by atoms with Gasteiger partial charge in [-0.15, -0.1) is 11.3 Å². The fraction of sp³-hybridized carbons (Fsp3) is 0.0909. The molecule has 2 heterocycles. The maximum Gasteiger partial charge on any atom is 0.169 e. The lowest BCUT2D eigenvalue weighted by atomic mass is 10.1. The van der Waals surface area contributed by atoms with Crippen molar-refractivity contribution < 1.29 is 8.78 Å². The van der Waals surface area contributed by atoms with Gasteiger partial charge < -0.3 is 0 Å². The Bertz CT molecular complexity index is 703. The number of benzene rings is 1. The highest BCUT2D eigenvalue weighted by Gasteiger charge is 2.19. The van der Waals surface area contributed by atoms with Crippen LogP contribution in [0.5, 0.6) is 0 Å². The summed E-state index contributed by atoms with van der Waals surface area (Å²) >= 11 is 2.33. The number of hydrogen-bond donors (Lipinski definition) is 0. The molecule has 0 spiro atoms. The third-order valence-corrected chi connectivity index (χ3v) is 4.03. The summed E-state index contributed by atoms with van der Waals surface area (Å²) in [5.74, 6) is -1.74. The molecule has 1 aromatic carbocycles. The maximum absolute atomic E-state index is 13.9. The number of halogens is 2. The van der Waals surface area contributed by atoms with Crippen molar-refractivity contribution in [2.45, 2.75) is 6.92 Å². The van der Waals surface area contributed by atoms with Gasteiger partial charge in [-0.2, -0.15) is 8.75 Å². The first-order chi connectivity index (χ1) is 8.16. The van der Waals surface area contributed by atoms with Crippen LogP contribution in [0.15, 0.2) is 17.5 Å². The van der Waals surface area contributed by atoms with Crippen LogP contribution in [0.4, 0.5) is 8.78 Å². The molecule has 0 atom stereocenters. The van der Waals surface area contributed by atoms with Gasteiger partial charge in [0.2, 0.25) is 0 Å². The fourth-order valence-electron chi connectivity index (χ4n) is 1.66. The minimum absolute atomic E-state index is 0.215. The topological polar surface area (TPSA) is 25.8 Å². The normalized spacial score (nSPS) is 11.2. The van der Waals surface area contributed by atoms with E-state index in [-0.39, 0.29) is 5.56 Å². The van der Waals surface area contributed by atoms with Gasteiger partial charge in [-0.1, -0.05) is 0 Å². The fourth-order valence-corrected chi connectivity index (χ4v) is 3.13. The number of hydrogen-bond acceptors (Lipinski definition) is 4. The number of rotatable bonds is 1. The van der Waals surface area contributed by atoms with Crippen molar-refractivity contribution in [3.8, 4) is 10.4 Å². The molecule has 0 N–H and O–H groups in total. The minimum Gasteiger partial charge on any atom is -0.204 e. The van der Waals surface area contributed by atoms with Crippen molar-refractivity contribution >= 4 is 34.1 Å². The highest BCUT2D eigenvalue weighted by molar-refractivity contribution is 7.13. The minimum atomic E-state index is -0.883. The van der Waals surface area contributed by atoms with E-state index in [0.717, 1.165) is 23.4 Å². The molecule has 86 valence electrons. The van der Waals surface area contributed by atoms with Gasteiger partial charge in [0.15, 0.2) is 11.6 Å². The number of aryl methyl sites for hydroxylation is 1. The van der Waals surface area contributed by atoms with Crippen LogP contribution in [0, 0.1) is 18.6 Å². The van der Waals surface area contributed by atoms with Gasteiger partial charge in [0, 0.05) is 10.9 Å². The predicted molar refractivity (Wildman–Crippen MR) is 65.4 cm³/mol. The average molecular weight is 268 g/mol. The molecule has 0 aliphatic heterocycles. The van der Waals surface area contributed by atoms with Crippen molar-refractivity contribution in [3.63, 3.8) is 0 Å². The molecule has 0 unspecified atom stereocenters. The van der Waals surface area contributed by atoms with Crippen LogP contribution in [-0.2, 0) is 0 Å². The van der Waals surface area contributed by atoms with Gasteiger partial charge >= 0.3 is 0 Å². The Kier molecular flexibility index (Phi) is 2.41. The van der Waals surface area contributed by atoms with Gasteiger partial charge in [0.1, 0.15) is 11.0 Å². The Balaban J connectivity index is 2.40. The lowest BCUT2D eigenvalue weighted by Crippen LogP contribution is -1.90. The third-order valence-electron chi connectivity index (χ3n) is 2.42. The standard InChI is InChI=1S/C11H6F2N2S2/c1-5-2-8(16-4-5)9-10(13)6(12)3-7-11(9)15-17-14-7/h2-4H,1H3. The van der Waals surface area contributed by atoms with E-state index in [1.165, 1.54) is 11.3 Å². The lowest BCUT2D eigenvalue weighted by molar-refractivity contribution is 0.513. The molecule has 17 heavy (non-hydrogen) atoms. The van der Waals surface area contributed by atoms with Crippen molar-refractivity contribution in [2.24, 2.45) is 0 Å². The molecule has 0 bridgehead atoms. The van der Waals surface area contributed by atoms with E-state index in [9.17, 15) is 8.78 Å². The summed E-state index contributed by atoms with van der Waals surface area (Å²) in [6.07, 6.45) is 0. The zero-order valence-corrected chi connectivity index (χ0v) is 10.3. The SMILES string of the molecule is Cc1csc(-c2c(F)c(F)cc3nsnc23)c1. The van der Waals surface area contributed by atoms with E-state index < -0.39 is 11.6 Å². The number of aromatic nitrogens is 2. The van der Waals surface area contributed by atoms with Crippen molar-refractivity contribution in [2.75, 3.05) is 0 Å². The van der Waals surface area contributed by atoms with Gasteiger partial charge in [-0.3, -0.25) is 0 Å². The van der Waals surface area contributed by atoms with E-state index in [2.05, 4.69) is 8.75 Å². The summed E-state index contributed by atoms with van der Waals surface area (Å²) in [5.41, 5.74) is 2.06. The molecule has 0 amide bonds. The van der Waals surface area contributed by atoms with Crippen molar-refractivity contribution in [1.82, 2.24) is 8.75 Å². The van der Waals surface area contributed by atoms with Crippen LogP contribution in [0.3, 0.4) is 0 Å². The predicted octanol–water partition coefficient (Wildman–Crippen LogP) is 4.01. The smallest absolute Gasteiger partial charge is 0.169 e. The van der Waals surface area contributed by atoms with E-state index in [1.54, 1.807) is 0 Å². The summed E-state index contributed by atoms with van der Waals surface area (Å²) < 4.78 is 35.3. The maximum atomic E-state index is 13.9. The Labute approximate surface area is 104 Å². The van der Waals surface area contributed by atoms with Crippen molar-refractivity contribution in [1.29, 1.82) is 0 Å². The number of nitrogens with zero attached hydrogens (tertiary/aromatic N) is 2.